The van der Waals surface area contributed by atoms with Crippen molar-refractivity contribution >= 4 is 21.8 Å². The van der Waals surface area contributed by atoms with Crippen LogP contribution in [0.2, 0.25) is 0 Å². The van der Waals surface area contributed by atoms with Gasteiger partial charge in [0.15, 0.2) is 0 Å². The maximum absolute atomic E-state index is 11.1. The molecule has 0 aliphatic heterocycles. The highest BCUT2D eigenvalue weighted by molar-refractivity contribution is 7.90. The summed E-state index contributed by atoms with van der Waals surface area (Å²) < 4.78 is 23.5. The number of likely N-dealkylation sites (N-methyl/N-ethyl adjacent to an activating group) is 1. The molecule has 0 unspecified atom stereocenters. The Hall–Kier alpha value is -1.60. The summed E-state index contributed by atoms with van der Waals surface area (Å²) in [7, 11) is -2.19. The van der Waals surface area contributed by atoms with E-state index >= 15 is 0 Å². The van der Waals surface area contributed by atoms with Crippen LogP contribution < -0.4 is 15.2 Å². The Morgan fingerprint density at radius 1 is 1.31 bits per heavy atom. The molecule has 0 heterocycles. The topological polar surface area (TPSA) is 101 Å². The molecule has 0 bridgehead atoms. The number of hydrogen-bond donors (Lipinski definition) is 3. The van der Waals surface area contributed by atoms with Crippen LogP contribution in [0.15, 0.2) is 24.3 Å². The lowest BCUT2D eigenvalue weighted by molar-refractivity contribution is -0.119. The molecular weight excluding hydrogens is 230 g/mol. The predicted octanol–water partition coefficient (Wildman–Crippen LogP) is -0.409. The van der Waals surface area contributed by atoms with Crippen molar-refractivity contribution in [2.45, 2.75) is 6.42 Å². The fourth-order valence-corrected chi connectivity index (χ4v) is 1.59. The van der Waals surface area contributed by atoms with Gasteiger partial charge in [0.1, 0.15) is 0 Å². The molecule has 0 atom stereocenters. The van der Waals surface area contributed by atoms with Gasteiger partial charge in [-0.3, -0.25) is 9.52 Å². The number of carbonyl (C=O) groups is 1. The number of nitrogens with two attached hydrogens (primary N) is 1. The van der Waals surface area contributed by atoms with E-state index in [1.165, 1.54) is 0 Å². The lowest BCUT2D eigenvalue weighted by atomic mass is 10.1. The average molecular weight is 243 g/mol. The van der Waals surface area contributed by atoms with E-state index in [1.54, 1.807) is 31.3 Å². The maximum atomic E-state index is 11.1. The minimum absolute atomic E-state index is 0.104. The average Bonchev–Trinajstić information content (AvgIpc) is 2.18. The highest BCUT2D eigenvalue weighted by atomic mass is 32.2. The van der Waals surface area contributed by atoms with E-state index in [0.29, 0.717) is 5.69 Å². The quantitative estimate of drug-likeness (QED) is 0.670. The van der Waals surface area contributed by atoms with Gasteiger partial charge in [-0.1, -0.05) is 12.1 Å². The molecule has 0 aromatic heterocycles. The van der Waals surface area contributed by atoms with E-state index in [1.807, 2.05) is 0 Å². The van der Waals surface area contributed by atoms with Gasteiger partial charge in [-0.05, 0) is 17.7 Å². The van der Waals surface area contributed by atoms with Gasteiger partial charge in [-0.25, -0.2) is 5.14 Å². The fourth-order valence-electron chi connectivity index (χ4n) is 1.13. The molecule has 0 radical (unpaired) electrons. The minimum atomic E-state index is -3.75. The summed E-state index contributed by atoms with van der Waals surface area (Å²) in [6, 6.07) is 6.40. The molecule has 0 fully saturated rings. The summed E-state index contributed by atoms with van der Waals surface area (Å²) >= 11 is 0. The van der Waals surface area contributed by atoms with Gasteiger partial charge in [-0.15, -0.1) is 0 Å². The van der Waals surface area contributed by atoms with Gasteiger partial charge in [0, 0.05) is 12.7 Å². The Morgan fingerprint density at radius 3 is 2.31 bits per heavy atom. The van der Waals surface area contributed by atoms with Crippen molar-refractivity contribution in [2.75, 3.05) is 11.8 Å². The van der Waals surface area contributed by atoms with Gasteiger partial charge >= 0.3 is 0 Å². The molecule has 0 saturated heterocycles. The molecule has 4 N–H and O–H groups in total. The van der Waals surface area contributed by atoms with E-state index in [9.17, 15) is 13.2 Å². The van der Waals surface area contributed by atoms with Crippen LogP contribution in [0, 0.1) is 0 Å². The molecule has 1 aromatic carbocycles. The molecule has 6 nitrogen and oxygen atoms in total. The van der Waals surface area contributed by atoms with Crippen molar-refractivity contribution in [1.29, 1.82) is 0 Å². The molecule has 0 saturated carbocycles. The number of nitrogens with one attached hydrogen (secondary N) is 2. The van der Waals surface area contributed by atoms with E-state index in [2.05, 4.69) is 10.0 Å². The van der Waals surface area contributed by atoms with Crippen molar-refractivity contribution in [2.24, 2.45) is 5.14 Å². The van der Waals surface area contributed by atoms with E-state index in [-0.39, 0.29) is 12.3 Å². The number of hydrogen-bond acceptors (Lipinski definition) is 3. The van der Waals surface area contributed by atoms with Gasteiger partial charge in [-0.2, -0.15) is 8.42 Å². The second-order valence-electron chi connectivity index (χ2n) is 3.19. The first-order valence-corrected chi connectivity index (χ1v) is 6.05. The number of carbonyl (C=O) groups excluding carboxylic acids is 1. The first-order valence-electron chi connectivity index (χ1n) is 4.51. The summed E-state index contributed by atoms with van der Waals surface area (Å²) in [4.78, 5) is 11.1. The van der Waals surface area contributed by atoms with Crippen molar-refractivity contribution in [1.82, 2.24) is 5.32 Å². The number of amides is 1. The molecule has 16 heavy (non-hydrogen) atoms. The molecule has 7 heteroatoms. The fraction of sp³-hybridized carbons (Fsp3) is 0.222. The molecule has 0 aliphatic carbocycles. The third-order valence-corrected chi connectivity index (χ3v) is 2.38. The molecule has 0 spiro atoms. The molecule has 1 amide bonds. The zero-order chi connectivity index (χ0) is 12.2. The Morgan fingerprint density at radius 2 is 1.88 bits per heavy atom. The number of rotatable bonds is 4. The van der Waals surface area contributed by atoms with Crippen molar-refractivity contribution in [3.8, 4) is 0 Å². The van der Waals surface area contributed by atoms with Crippen LogP contribution in [0.4, 0.5) is 5.69 Å². The molecule has 1 rings (SSSR count). The van der Waals surface area contributed by atoms with Crippen LogP contribution in [0.3, 0.4) is 0 Å². The summed E-state index contributed by atoms with van der Waals surface area (Å²) in [6.45, 7) is 0. The van der Waals surface area contributed by atoms with Gasteiger partial charge in [0.05, 0.1) is 6.42 Å². The standard InChI is InChI=1S/C9H13N3O3S/c1-11-9(13)6-7-2-4-8(5-3-7)12-16(10,14)15/h2-5,12H,6H2,1H3,(H,11,13)(H2,10,14,15). The first-order chi connectivity index (χ1) is 7.40. The second-order valence-corrected chi connectivity index (χ2v) is 4.49. The Balaban J connectivity index is 2.72. The minimum Gasteiger partial charge on any atom is -0.359 e. The Bertz CT molecular complexity index is 467. The maximum Gasteiger partial charge on any atom is 0.296 e. The molecular formula is C9H13N3O3S. The largest absolute Gasteiger partial charge is 0.359 e. The third kappa shape index (κ3) is 4.28. The van der Waals surface area contributed by atoms with Gasteiger partial charge in [0.2, 0.25) is 5.91 Å². The highest BCUT2D eigenvalue weighted by Gasteiger charge is 2.03. The summed E-state index contributed by atoms with van der Waals surface area (Å²) in [5.41, 5.74) is 1.16. The van der Waals surface area contributed by atoms with Crippen molar-refractivity contribution in [3.63, 3.8) is 0 Å². The zero-order valence-corrected chi connectivity index (χ0v) is 9.54. The number of anilines is 1. The first kappa shape index (κ1) is 12.5. The SMILES string of the molecule is CNC(=O)Cc1ccc(NS(N)(=O)=O)cc1. The Labute approximate surface area is 94.0 Å². The Kier molecular flexibility index (Phi) is 3.86. The predicted molar refractivity (Wildman–Crippen MR) is 60.9 cm³/mol. The number of benzene rings is 1. The van der Waals surface area contributed by atoms with Crippen LogP contribution in [-0.4, -0.2) is 21.4 Å². The molecule has 1 aromatic rings. The van der Waals surface area contributed by atoms with Crippen LogP contribution in [-0.2, 0) is 21.4 Å². The van der Waals surface area contributed by atoms with Crippen LogP contribution in [0.5, 0.6) is 0 Å². The lowest BCUT2D eigenvalue weighted by Crippen LogP contribution is -2.22. The van der Waals surface area contributed by atoms with Crippen LogP contribution in [0.1, 0.15) is 5.56 Å². The highest BCUT2D eigenvalue weighted by Crippen LogP contribution is 2.10. The third-order valence-electron chi connectivity index (χ3n) is 1.86. The normalized spacial score (nSPS) is 10.9. The van der Waals surface area contributed by atoms with Crippen LogP contribution >= 0.6 is 0 Å². The van der Waals surface area contributed by atoms with Gasteiger partial charge in [0.25, 0.3) is 10.2 Å². The van der Waals surface area contributed by atoms with Crippen LogP contribution in [0.25, 0.3) is 0 Å². The molecule has 0 aliphatic rings. The lowest BCUT2D eigenvalue weighted by Gasteiger charge is -2.04. The van der Waals surface area contributed by atoms with Crippen molar-refractivity contribution < 1.29 is 13.2 Å². The zero-order valence-electron chi connectivity index (χ0n) is 8.73. The molecule has 88 valence electrons. The monoisotopic (exact) mass is 243 g/mol. The smallest absolute Gasteiger partial charge is 0.296 e. The summed E-state index contributed by atoms with van der Waals surface area (Å²) in [5, 5.41) is 7.30. The summed E-state index contributed by atoms with van der Waals surface area (Å²) in [5.74, 6) is -0.104. The second kappa shape index (κ2) is 4.95. The van der Waals surface area contributed by atoms with E-state index in [0.717, 1.165) is 5.56 Å². The van der Waals surface area contributed by atoms with E-state index < -0.39 is 10.2 Å². The van der Waals surface area contributed by atoms with Gasteiger partial charge < -0.3 is 5.32 Å². The van der Waals surface area contributed by atoms with Crippen molar-refractivity contribution in [3.05, 3.63) is 29.8 Å². The van der Waals surface area contributed by atoms with E-state index in [4.69, 9.17) is 5.14 Å². The summed E-state index contributed by atoms with van der Waals surface area (Å²) in [6.07, 6.45) is 0.256.